The Morgan fingerprint density at radius 2 is 1.63 bits per heavy atom. The number of carbonyl (C=O) groups is 2. The van der Waals surface area contributed by atoms with E-state index in [1.807, 2.05) is 41.3 Å². The van der Waals surface area contributed by atoms with Gasteiger partial charge in [0.2, 0.25) is 5.91 Å². The first kappa shape index (κ1) is 26.9. The van der Waals surface area contributed by atoms with Gasteiger partial charge in [-0.1, -0.05) is 19.4 Å². The molecule has 1 aromatic heterocycles. The van der Waals surface area contributed by atoms with Crippen molar-refractivity contribution in [2.24, 2.45) is 0 Å². The molecular weight excluding hydrogens is 482 g/mol. The summed E-state index contributed by atoms with van der Waals surface area (Å²) in [6.45, 7) is 5.11. The van der Waals surface area contributed by atoms with Crippen LogP contribution >= 0.6 is 0 Å². The van der Waals surface area contributed by atoms with E-state index < -0.39 is 0 Å². The van der Waals surface area contributed by atoms with E-state index in [1.54, 1.807) is 43.4 Å². The van der Waals surface area contributed by atoms with Crippen LogP contribution in [0.5, 0.6) is 11.5 Å². The topological polar surface area (TPSA) is 88.1 Å². The molecule has 1 fully saturated rings. The highest BCUT2D eigenvalue weighted by atomic mass is 16.5. The molecule has 9 nitrogen and oxygen atoms in total. The second-order valence-corrected chi connectivity index (χ2v) is 9.19. The van der Waals surface area contributed by atoms with Gasteiger partial charge in [0, 0.05) is 43.9 Å². The summed E-state index contributed by atoms with van der Waals surface area (Å²) in [5, 5.41) is 8.82. The first-order chi connectivity index (χ1) is 18.5. The van der Waals surface area contributed by atoms with E-state index in [0.717, 1.165) is 35.7 Å². The van der Waals surface area contributed by atoms with Crippen LogP contribution in [0.3, 0.4) is 0 Å². The SMILES string of the molecule is CCCCN(CC(=O)N1CCN(c2ccc(-c3ccc(OC)cc3)nn2)CC1)C(=O)c1cccc(OC)c1. The van der Waals surface area contributed by atoms with E-state index in [-0.39, 0.29) is 18.4 Å². The van der Waals surface area contributed by atoms with Gasteiger partial charge < -0.3 is 24.2 Å². The third-order valence-electron chi connectivity index (χ3n) is 6.70. The summed E-state index contributed by atoms with van der Waals surface area (Å²) in [5.74, 6) is 2.00. The van der Waals surface area contributed by atoms with Gasteiger partial charge in [-0.15, -0.1) is 10.2 Å². The number of carbonyl (C=O) groups excluding carboxylic acids is 2. The summed E-state index contributed by atoms with van der Waals surface area (Å²) in [7, 11) is 3.21. The highest BCUT2D eigenvalue weighted by Crippen LogP contribution is 2.22. The third kappa shape index (κ3) is 6.59. The van der Waals surface area contributed by atoms with Gasteiger partial charge in [0.05, 0.1) is 19.9 Å². The summed E-state index contributed by atoms with van der Waals surface area (Å²) in [6.07, 6.45) is 1.77. The van der Waals surface area contributed by atoms with Crippen LogP contribution in [0.25, 0.3) is 11.3 Å². The summed E-state index contributed by atoms with van der Waals surface area (Å²) in [4.78, 5) is 32.0. The van der Waals surface area contributed by atoms with Crippen LogP contribution in [0.2, 0.25) is 0 Å². The number of hydrogen-bond donors (Lipinski definition) is 0. The fraction of sp³-hybridized carbons (Fsp3) is 0.379. The largest absolute Gasteiger partial charge is 0.497 e. The van der Waals surface area contributed by atoms with E-state index in [0.29, 0.717) is 44.0 Å². The molecule has 38 heavy (non-hydrogen) atoms. The predicted octanol–water partition coefficient (Wildman–Crippen LogP) is 3.75. The first-order valence-corrected chi connectivity index (χ1v) is 13.0. The highest BCUT2D eigenvalue weighted by Gasteiger charge is 2.26. The number of benzene rings is 2. The van der Waals surface area contributed by atoms with Crippen molar-refractivity contribution in [1.82, 2.24) is 20.0 Å². The van der Waals surface area contributed by atoms with E-state index >= 15 is 0 Å². The lowest BCUT2D eigenvalue weighted by molar-refractivity contribution is -0.132. The van der Waals surface area contributed by atoms with Crippen molar-refractivity contribution in [1.29, 1.82) is 0 Å². The maximum Gasteiger partial charge on any atom is 0.254 e. The molecule has 4 rings (SSSR count). The Bertz CT molecular complexity index is 1210. The minimum absolute atomic E-state index is 0.0436. The van der Waals surface area contributed by atoms with Crippen LogP contribution in [0, 0.1) is 0 Å². The van der Waals surface area contributed by atoms with Crippen molar-refractivity contribution in [3.63, 3.8) is 0 Å². The molecule has 0 saturated carbocycles. The van der Waals surface area contributed by atoms with Gasteiger partial charge in [0.1, 0.15) is 18.0 Å². The van der Waals surface area contributed by atoms with Crippen molar-refractivity contribution in [2.75, 3.05) is 58.4 Å². The average Bonchev–Trinajstić information content (AvgIpc) is 2.99. The number of aromatic nitrogens is 2. The fourth-order valence-electron chi connectivity index (χ4n) is 4.40. The molecule has 9 heteroatoms. The molecule has 0 bridgehead atoms. The van der Waals surface area contributed by atoms with Gasteiger partial charge in [-0.2, -0.15) is 0 Å². The zero-order chi connectivity index (χ0) is 26.9. The fourth-order valence-corrected chi connectivity index (χ4v) is 4.40. The first-order valence-electron chi connectivity index (χ1n) is 13.0. The molecule has 0 N–H and O–H groups in total. The van der Waals surface area contributed by atoms with Crippen molar-refractivity contribution >= 4 is 17.6 Å². The molecule has 0 atom stereocenters. The van der Waals surface area contributed by atoms with Crippen molar-refractivity contribution < 1.29 is 19.1 Å². The van der Waals surface area contributed by atoms with Gasteiger partial charge in [0.15, 0.2) is 5.82 Å². The van der Waals surface area contributed by atoms with Crippen molar-refractivity contribution in [2.45, 2.75) is 19.8 Å². The quantitative estimate of drug-likeness (QED) is 0.405. The normalized spacial score (nSPS) is 13.2. The van der Waals surface area contributed by atoms with Crippen LogP contribution in [0.15, 0.2) is 60.7 Å². The molecular formula is C29H35N5O4. The molecule has 200 valence electrons. The predicted molar refractivity (Wildman–Crippen MR) is 147 cm³/mol. The molecule has 3 aromatic rings. The minimum Gasteiger partial charge on any atom is -0.497 e. The van der Waals surface area contributed by atoms with Crippen LogP contribution in [0.1, 0.15) is 30.1 Å². The van der Waals surface area contributed by atoms with Crippen molar-refractivity contribution in [3.8, 4) is 22.8 Å². The zero-order valence-corrected chi connectivity index (χ0v) is 22.3. The Kier molecular flexibility index (Phi) is 9.13. The number of amides is 2. The Hall–Kier alpha value is -4.14. The molecule has 2 aromatic carbocycles. The number of nitrogens with zero attached hydrogens (tertiary/aromatic N) is 5. The lowest BCUT2D eigenvalue weighted by Gasteiger charge is -2.36. The third-order valence-corrected chi connectivity index (χ3v) is 6.70. The van der Waals surface area contributed by atoms with E-state index in [1.165, 1.54) is 0 Å². The lowest BCUT2D eigenvalue weighted by atomic mass is 10.1. The summed E-state index contributed by atoms with van der Waals surface area (Å²) >= 11 is 0. The monoisotopic (exact) mass is 517 g/mol. The van der Waals surface area contributed by atoms with Crippen LogP contribution in [-0.4, -0.2) is 85.3 Å². The molecule has 0 radical (unpaired) electrons. The van der Waals surface area contributed by atoms with E-state index in [2.05, 4.69) is 22.0 Å². The van der Waals surface area contributed by atoms with Crippen molar-refractivity contribution in [3.05, 3.63) is 66.2 Å². The molecule has 2 amide bonds. The smallest absolute Gasteiger partial charge is 0.254 e. The number of rotatable bonds is 10. The molecule has 1 aliphatic rings. The highest BCUT2D eigenvalue weighted by molar-refractivity contribution is 5.96. The number of hydrogen-bond acceptors (Lipinski definition) is 7. The van der Waals surface area contributed by atoms with E-state index in [9.17, 15) is 9.59 Å². The summed E-state index contributed by atoms with van der Waals surface area (Å²) in [5.41, 5.74) is 2.28. The summed E-state index contributed by atoms with van der Waals surface area (Å²) in [6, 6.07) is 18.7. The second kappa shape index (κ2) is 12.9. The molecule has 1 aliphatic heterocycles. The van der Waals surface area contributed by atoms with Gasteiger partial charge >= 0.3 is 0 Å². The molecule has 2 heterocycles. The van der Waals surface area contributed by atoms with Gasteiger partial charge in [-0.25, -0.2) is 0 Å². The van der Waals surface area contributed by atoms with E-state index in [4.69, 9.17) is 9.47 Å². The Balaban J connectivity index is 1.34. The number of unbranched alkanes of at least 4 members (excludes halogenated alkanes) is 1. The zero-order valence-electron chi connectivity index (χ0n) is 22.3. The van der Waals surface area contributed by atoms with Gasteiger partial charge in [-0.05, 0) is 61.0 Å². The van der Waals surface area contributed by atoms with Crippen LogP contribution in [0.4, 0.5) is 5.82 Å². The van der Waals surface area contributed by atoms with Crippen LogP contribution in [-0.2, 0) is 4.79 Å². The maximum absolute atomic E-state index is 13.2. The Morgan fingerprint density at radius 1 is 0.895 bits per heavy atom. The molecule has 0 unspecified atom stereocenters. The Morgan fingerprint density at radius 3 is 2.26 bits per heavy atom. The standard InChI is InChI=1S/C29H35N5O4/c1-4-5-15-34(29(36)23-7-6-8-25(20-23)38-3)21-28(35)33-18-16-32(17-19-33)27-14-13-26(30-31-27)22-9-11-24(37-2)12-10-22/h6-14,20H,4-5,15-19,21H2,1-3H3. The van der Waals surface area contributed by atoms with Gasteiger partial charge in [-0.3, -0.25) is 9.59 Å². The number of methoxy groups -OCH3 is 2. The second-order valence-electron chi connectivity index (χ2n) is 9.19. The summed E-state index contributed by atoms with van der Waals surface area (Å²) < 4.78 is 10.5. The Labute approximate surface area is 224 Å². The van der Waals surface area contributed by atoms with Gasteiger partial charge in [0.25, 0.3) is 5.91 Å². The number of ether oxygens (including phenoxy) is 2. The minimum atomic E-state index is -0.156. The molecule has 0 aliphatic carbocycles. The maximum atomic E-state index is 13.2. The molecule has 1 saturated heterocycles. The number of piperazine rings is 1. The number of anilines is 1. The lowest BCUT2D eigenvalue weighted by Crippen LogP contribution is -2.52. The average molecular weight is 518 g/mol. The van der Waals surface area contributed by atoms with Crippen LogP contribution < -0.4 is 14.4 Å². The molecule has 0 spiro atoms.